The van der Waals surface area contributed by atoms with Gasteiger partial charge < -0.3 is 10.2 Å². The lowest BCUT2D eigenvalue weighted by molar-refractivity contribution is 0.470. The average molecular weight is 214 g/mol. The van der Waals surface area contributed by atoms with Crippen LogP contribution in [-0.2, 0) is 0 Å². The Labute approximate surface area is 94.8 Å². The first-order valence-electron chi connectivity index (χ1n) is 5.17. The molecule has 0 bridgehead atoms. The summed E-state index contributed by atoms with van der Waals surface area (Å²) < 4.78 is 0. The second kappa shape index (κ2) is 3.89. The van der Waals surface area contributed by atoms with E-state index in [1.807, 2.05) is 26.0 Å². The minimum Gasteiger partial charge on any atom is -0.508 e. The first-order chi connectivity index (χ1) is 7.58. The van der Waals surface area contributed by atoms with E-state index in [9.17, 15) is 10.2 Å². The Hall–Kier alpha value is -1.96. The topological polar surface area (TPSA) is 40.5 Å². The standard InChI is InChI=1S/C14H14O2/c1-9-6-13(10(2)14(16)7-9)11-4-3-5-12(15)8-11/h3-8,15-16H,1-2H3. The van der Waals surface area contributed by atoms with Crippen LogP contribution in [0.4, 0.5) is 0 Å². The number of aromatic hydroxyl groups is 2. The zero-order valence-corrected chi connectivity index (χ0v) is 9.36. The summed E-state index contributed by atoms with van der Waals surface area (Å²) in [6.45, 7) is 3.81. The highest BCUT2D eigenvalue weighted by atomic mass is 16.3. The highest BCUT2D eigenvalue weighted by Gasteiger charge is 2.07. The fourth-order valence-electron chi connectivity index (χ4n) is 1.81. The molecule has 82 valence electrons. The Morgan fingerprint density at radius 1 is 0.938 bits per heavy atom. The molecular weight excluding hydrogens is 200 g/mol. The van der Waals surface area contributed by atoms with E-state index in [0.29, 0.717) is 5.75 Å². The van der Waals surface area contributed by atoms with E-state index in [0.717, 1.165) is 22.3 Å². The highest BCUT2D eigenvalue weighted by molar-refractivity contribution is 5.71. The van der Waals surface area contributed by atoms with E-state index >= 15 is 0 Å². The molecule has 2 rings (SSSR count). The van der Waals surface area contributed by atoms with Crippen LogP contribution in [0.2, 0.25) is 0 Å². The molecule has 0 aliphatic rings. The van der Waals surface area contributed by atoms with Gasteiger partial charge in [-0.3, -0.25) is 0 Å². The molecule has 0 aliphatic carbocycles. The quantitative estimate of drug-likeness (QED) is 0.764. The van der Waals surface area contributed by atoms with Gasteiger partial charge in [-0.1, -0.05) is 18.2 Å². The van der Waals surface area contributed by atoms with Crippen molar-refractivity contribution in [1.82, 2.24) is 0 Å². The van der Waals surface area contributed by atoms with Crippen molar-refractivity contribution in [2.24, 2.45) is 0 Å². The molecule has 0 spiro atoms. The van der Waals surface area contributed by atoms with Gasteiger partial charge in [0, 0.05) is 0 Å². The Balaban J connectivity index is 2.64. The van der Waals surface area contributed by atoms with E-state index < -0.39 is 0 Å². The molecule has 2 heteroatoms. The molecule has 0 aromatic heterocycles. The molecule has 2 N–H and O–H groups in total. The fourth-order valence-corrected chi connectivity index (χ4v) is 1.81. The second-order valence-electron chi connectivity index (χ2n) is 4.01. The van der Waals surface area contributed by atoms with Crippen LogP contribution in [0.1, 0.15) is 11.1 Å². The van der Waals surface area contributed by atoms with Crippen molar-refractivity contribution in [2.45, 2.75) is 13.8 Å². The van der Waals surface area contributed by atoms with Crippen LogP contribution in [-0.4, -0.2) is 10.2 Å². The van der Waals surface area contributed by atoms with Gasteiger partial charge in [0.05, 0.1) is 0 Å². The number of hydrogen-bond acceptors (Lipinski definition) is 2. The van der Waals surface area contributed by atoms with Crippen molar-refractivity contribution in [3.05, 3.63) is 47.5 Å². The molecule has 16 heavy (non-hydrogen) atoms. The molecule has 0 radical (unpaired) electrons. The van der Waals surface area contributed by atoms with Crippen molar-refractivity contribution in [1.29, 1.82) is 0 Å². The minimum absolute atomic E-state index is 0.234. The molecule has 0 aliphatic heterocycles. The Bertz CT molecular complexity index is 530. The largest absolute Gasteiger partial charge is 0.508 e. The molecule has 0 heterocycles. The number of phenols is 2. The molecule has 0 atom stereocenters. The molecule has 2 aromatic rings. The Morgan fingerprint density at radius 2 is 1.69 bits per heavy atom. The van der Waals surface area contributed by atoms with E-state index in [-0.39, 0.29) is 5.75 Å². The number of benzene rings is 2. The number of aryl methyl sites for hydroxylation is 1. The average Bonchev–Trinajstić information content (AvgIpc) is 2.23. The van der Waals surface area contributed by atoms with Crippen LogP contribution in [0.5, 0.6) is 11.5 Å². The van der Waals surface area contributed by atoms with Crippen LogP contribution in [0, 0.1) is 13.8 Å². The molecule has 2 aromatic carbocycles. The van der Waals surface area contributed by atoms with Gasteiger partial charge in [0.1, 0.15) is 11.5 Å². The lowest BCUT2D eigenvalue weighted by atomic mass is 9.97. The molecule has 0 saturated heterocycles. The van der Waals surface area contributed by atoms with Crippen molar-refractivity contribution in [3.63, 3.8) is 0 Å². The summed E-state index contributed by atoms with van der Waals surface area (Å²) in [4.78, 5) is 0. The van der Waals surface area contributed by atoms with Crippen LogP contribution in [0.3, 0.4) is 0 Å². The van der Waals surface area contributed by atoms with Gasteiger partial charge in [0.15, 0.2) is 0 Å². The lowest BCUT2D eigenvalue weighted by Gasteiger charge is -2.09. The van der Waals surface area contributed by atoms with Gasteiger partial charge in [0.2, 0.25) is 0 Å². The van der Waals surface area contributed by atoms with Crippen LogP contribution < -0.4 is 0 Å². The summed E-state index contributed by atoms with van der Waals surface area (Å²) in [6.07, 6.45) is 0. The number of rotatable bonds is 1. The Morgan fingerprint density at radius 3 is 2.38 bits per heavy atom. The summed E-state index contributed by atoms with van der Waals surface area (Å²) in [5.41, 5.74) is 3.70. The smallest absolute Gasteiger partial charge is 0.119 e. The van der Waals surface area contributed by atoms with E-state index in [2.05, 4.69) is 0 Å². The van der Waals surface area contributed by atoms with Gasteiger partial charge >= 0.3 is 0 Å². The molecule has 2 nitrogen and oxygen atoms in total. The highest BCUT2D eigenvalue weighted by Crippen LogP contribution is 2.32. The molecule has 0 fully saturated rings. The summed E-state index contributed by atoms with van der Waals surface area (Å²) in [7, 11) is 0. The third-order valence-electron chi connectivity index (χ3n) is 2.68. The fraction of sp³-hybridized carbons (Fsp3) is 0.143. The van der Waals surface area contributed by atoms with Crippen LogP contribution in [0.15, 0.2) is 36.4 Å². The SMILES string of the molecule is Cc1cc(O)c(C)c(-c2cccc(O)c2)c1. The summed E-state index contributed by atoms with van der Waals surface area (Å²) in [5, 5.41) is 19.2. The zero-order chi connectivity index (χ0) is 11.7. The third kappa shape index (κ3) is 1.87. The molecular formula is C14H14O2. The van der Waals surface area contributed by atoms with Gasteiger partial charge in [-0.05, 0) is 54.3 Å². The molecule has 0 amide bonds. The first-order valence-corrected chi connectivity index (χ1v) is 5.17. The predicted octanol–water partition coefficient (Wildman–Crippen LogP) is 3.38. The minimum atomic E-state index is 0.234. The van der Waals surface area contributed by atoms with Crippen molar-refractivity contribution >= 4 is 0 Å². The van der Waals surface area contributed by atoms with Gasteiger partial charge in [-0.2, -0.15) is 0 Å². The normalized spacial score (nSPS) is 10.4. The van der Waals surface area contributed by atoms with Crippen LogP contribution >= 0.6 is 0 Å². The first kappa shape index (κ1) is 10.6. The second-order valence-corrected chi connectivity index (χ2v) is 4.01. The maximum absolute atomic E-state index is 9.75. The van der Waals surface area contributed by atoms with E-state index in [4.69, 9.17) is 0 Å². The lowest BCUT2D eigenvalue weighted by Crippen LogP contribution is -1.86. The number of hydrogen-bond donors (Lipinski definition) is 2. The number of phenolic OH excluding ortho intramolecular Hbond substituents is 2. The van der Waals surface area contributed by atoms with E-state index in [1.165, 1.54) is 0 Å². The molecule has 0 unspecified atom stereocenters. The third-order valence-corrected chi connectivity index (χ3v) is 2.68. The van der Waals surface area contributed by atoms with Gasteiger partial charge in [-0.15, -0.1) is 0 Å². The molecule has 0 saturated carbocycles. The van der Waals surface area contributed by atoms with Gasteiger partial charge in [-0.25, -0.2) is 0 Å². The maximum Gasteiger partial charge on any atom is 0.119 e. The Kier molecular flexibility index (Phi) is 2.57. The van der Waals surface area contributed by atoms with Crippen molar-refractivity contribution in [2.75, 3.05) is 0 Å². The van der Waals surface area contributed by atoms with Crippen molar-refractivity contribution < 1.29 is 10.2 Å². The maximum atomic E-state index is 9.75. The van der Waals surface area contributed by atoms with E-state index in [1.54, 1.807) is 24.3 Å². The van der Waals surface area contributed by atoms with Crippen LogP contribution in [0.25, 0.3) is 11.1 Å². The summed E-state index contributed by atoms with van der Waals surface area (Å²) in [5.74, 6) is 0.524. The van der Waals surface area contributed by atoms with Crippen molar-refractivity contribution in [3.8, 4) is 22.6 Å². The zero-order valence-electron chi connectivity index (χ0n) is 9.36. The monoisotopic (exact) mass is 214 g/mol. The summed E-state index contributed by atoms with van der Waals surface area (Å²) in [6, 6.07) is 10.8. The predicted molar refractivity (Wildman–Crippen MR) is 64.7 cm³/mol. The van der Waals surface area contributed by atoms with Gasteiger partial charge in [0.25, 0.3) is 0 Å². The summed E-state index contributed by atoms with van der Waals surface area (Å²) >= 11 is 0.